The molecule has 77 heavy (non-hydrogen) atoms. The quantitative estimate of drug-likeness (QED) is 0.00523. The molecule has 9 atom stereocenters. The summed E-state index contributed by atoms with van der Waals surface area (Å²) in [6.07, 6.45) is 6.70. The Morgan fingerprint density at radius 2 is 1.14 bits per heavy atom. The van der Waals surface area contributed by atoms with Crippen molar-refractivity contribution in [2.24, 2.45) is 50.6 Å². The minimum atomic E-state index is -1.73. The predicted molar refractivity (Wildman–Crippen MR) is 282 cm³/mol. The van der Waals surface area contributed by atoms with E-state index < -0.39 is 152 Å². The van der Waals surface area contributed by atoms with Gasteiger partial charge in [0.1, 0.15) is 48.3 Å². The highest BCUT2D eigenvalue weighted by Crippen LogP contribution is 2.12. The number of aliphatic hydroxyl groups excluding tert-OH is 1. The van der Waals surface area contributed by atoms with Crippen LogP contribution in [0, 0.1) is 24.2 Å². The third kappa shape index (κ3) is 29.8. The highest BCUT2D eigenvalue weighted by atomic mass is 16.3. The molecule has 0 rings (SSSR count). The van der Waals surface area contributed by atoms with Gasteiger partial charge >= 0.3 is 0 Å². The number of rotatable bonds is 40. The fraction of sp³-hybridized carbons (Fsp3) is 0.702. The van der Waals surface area contributed by atoms with Gasteiger partial charge in [-0.2, -0.15) is 0 Å². The van der Waals surface area contributed by atoms with Crippen molar-refractivity contribution in [3.8, 4) is 12.3 Å². The fourth-order valence-corrected chi connectivity index (χ4v) is 7.26. The molecule has 0 bridgehead atoms. The summed E-state index contributed by atoms with van der Waals surface area (Å²) in [5.41, 5.74) is 35.8. The molecule has 0 unspecified atom stereocenters. The first-order valence-electron chi connectivity index (χ1n) is 25.4. The summed E-state index contributed by atoms with van der Waals surface area (Å²) in [6.45, 7) is 6.93. The van der Waals surface area contributed by atoms with Crippen LogP contribution in [0.2, 0.25) is 0 Å². The smallest absolute Gasteiger partial charge is 0.245 e. The Morgan fingerprint density at radius 3 is 1.68 bits per heavy atom. The number of nitrogens with one attached hydrogen (secondary N) is 9. The lowest BCUT2D eigenvalue weighted by Gasteiger charge is -2.29. The maximum Gasteiger partial charge on any atom is 0.245 e. The molecule has 0 saturated heterocycles. The van der Waals surface area contributed by atoms with Crippen molar-refractivity contribution in [1.82, 2.24) is 47.9 Å². The summed E-state index contributed by atoms with van der Waals surface area (Å²) in [4.78, 5) is 151. The van der Waals surface area contributed by atoms with Crippen molar-refractivity contribution >= 4 is 70.9 Å². The number of unbranched alkanes of at least 4 members (excludes halogenated alkanes) is 2. The Bertz CT molecular complexity index is 2110. The number of hydrogen-bond acceptors (Lipinski definition) is 15. The Hall–Kier alpha value is -7.77. The van der Waals surface area contributed by atoms with Crippen LogP contribution in [0.15, 0.2) is 10.1 Å². The Balaban J connectivity index is 6.45. The molecule has 0 aliphatic carbocycles. The fourth-order valence-electron chi connectivity index (χ4n) is 7.26. The van der Waals surface area contributed by atoms with Crippen LogP contribution in [0.25, 0.3) is 10.4 Å². The second-order valence-corrected chi connectivity index (χ2v) is 18.6. The number of aliphatic imine (C=N–C) groups is 1. The number of carbonyl (C=O) groups excluding carboxylic acids is 11. The van der Waals surface area contributed by atoms with Crippen molar-refractivity contribution in [2.75, 3.05) is 32.8 Å². The van der Waals surface area contributed by atoms with E-state index in [0.29, 0.717) is 19.4 Å². The Morgan fingerprint density at radius 1 is 0.623 bits per heavy atom. The molecule has 30 heteroatoms. The molecule has 0 spiro atoms. The second-order valence-electron chi connectivity index (χ2n) is 18.6. The molecule has 0 fully saturated rings. The second kappa shape index (κ2) is 38.7. The molecule has 0 aliphatic heterocycles. The molecule has 0 heterocycles. The summed E-state index contributed by atoms with van der Waals surface area (Å²) in [6, 6.07) is -11.1. The number of nitrogens with two attached hydrogens (primary N) is 5. The molecule has 0 aromatic heterocycles. The molecule has 0 saturated carbocycles. The third-order valence-electron chi connectivity index (χ3n) is 11.6. The SMILES string of the molecule is C#CC[C@H](NC(=O)[C@H](CCC(N)=O)NC(=O)[C@@H](NC(=O)[C@H](CO)NC(=O)[C@H](CCCCN=[N+]=[N-])NC(=O)CNC(=O)[C@H](CCCCN)NC(C)=O)[C@@H](C)CC)C(=O)N[C@@H](CC(C)C)C(=O)N[C@@H](CCCN=C(N)N)C(N)=O. The lowest BCUT2D eigenvalue weighted by atomic mass is 9.97. The summed E-state index contributed by atoms with van der Waals surface area (Å²) < 4.78 is 0. The van der Waals surface area contributed by atoms with E-state index in [-0.39, 0.29) is 76.3 Å². The first kappa shape index (κ1) is 69.2. The first-order valence-corrected chi connectivity index (χ1v) is 25.4. The van der Waals surface area contributed by atoms with Gasteiger partial charge in [-0.25, -0.2) is 0 Å². The maximum absolute atomic E-state index is 14.1. The van der Waals surface area contributed by atoms with Crippen molar-refractivity contribution in [2.45, 2.75) is 166 Å². The van der Waals surface area contributed by atoms with E-state index in [1.165, 1.54) is 6.92 Å². The van der Waals surface area contributed by atoms with E-state index in [0.717, 1.165) is 0 Å². The number of carbonyl (C=O) groups is 11. The van der Waals surface area contributed by atoms with E-state index in [1.54, 1.807) is 27.7 Å². The lowest BCUT2D eigenvalue weighted by molar-refractivity contribution is -0.137. The Labute approximate surface area is 448 Å². The number of amides is 11. The minimum Gasteiger partial charge on any atom is -0.394 e. The molecule has 11 amide bonds. The lowest BCUT2D eigenvalue weighted by Crippen LogP contribution is -2.61. The summed E-state index contributed by atoms with van der Waals surface area (Å²) >= 11 is 0. The van der Waals surface area contributed by atoms with E-state index in [1.807, 2.05) is 0 Å². The summed E-state index contributed by atoms with van der Waals surface area (Å²) in [5.74, 6) is -8.20. The van der Waals surface area contributed by atoms with Crippen LogP contribution >= 0.6 is 0 Å². The number of azide groups is 1. The number of aliphatic hydroxyl groups is 1. The zero-order valence-corrected chi connectivity index (χ0v) is 44.7. The minimum absolute atomic E-state index is 0.0575. The molecule has 0 radical (unpaired) electrons. The number of hydrogen-bond donors (Lipinski definition) is 15. The monoisotopic (exact) mass is 1090 g/mol. The largest absolute Gasteiger partial charge is 0.394 e. The van der Waals surface area contributed by atoms with Gasteiger partial charge in [0.25, 0.3) is 0 Å². The molecule has 0 aliphatic rings. The van der Waals surface area contributed by atoms with Crippen LogP contribution in [0.4, 0.5) is 0 Å². The van der Waals surface area contributed by atoms with Crippen LogP contribution in [-0.4, -0.2) is 157 Å². The van der Waals surface area contributed by atoms with Gasteiger partial charge < -0.3 is 81.6 Å². The molecular weight excluding hydrogens is 1010 g/mol. The van der Waals surface area contributed by atoms with Crippen LogP contribution in [-0.2, 0) is 52.7 Å². The van der Waals surface area contributed by atoms with Gasteiger partial charge in [-0.15, -0.1) is 12.3 Å². The van der Waals surface area contributed by atoms with E-state index >= 15 is 0 Å². The number of primary amides is 2. The van der Waals surface area contributed by atoms with Gasteiger partial charge in [-0.1, -0.05) is 45.7 Å². The van der Waals surface area contributed by atoms with E-state index in [9.17, 15) is 57.8 Å². The molecule has 0 aromatic carbocycles. The highest BCUT2D eigenvalue weighted by Gasteiger charge is 2.36. The molecule has 30 nitrogen and oxygen atoms in total. The maximum atomic E-state index is 14.1. The summed E-state index contributed by atoms with van der Waals surface area (Å²) in [5, 5.41) is 36.0. The van der Waals surface area contributed by atoms with Gasteiger partial charge in [0.05, 0.1) is 13.2 Å². The predicted octanol–water partition coefficient (Wildman–Crippen LogP) is -4.48. The van der Waals surface area contributed by atoms with Crippen molar-refractivity contribution in [1.29, 1.82) is 0 Å². The van der Waals surface area contributed by atoms with Crippen LogP contribution < -0.4 is 76.5 Å². The Kier molecular flexibility index (Phi) is 34.8. The zero-order valence-electron chi connectivity index (χ0n) is 44.7. The topological polar surface area (TPSA) is 507 Å². The van der Waals surface area contributed by atoms with Crippen LogP contribution in [0.3, 0.4) is 0 Å². The molecule has 432 valence electrons. The number of guanidine groups is 1. The number of terminal acetylenes is 1. The van der Waals surface area contributed by atoms with Crippen molar-refractivity contribution in [3.63, 3.8) is 0 Å². The van der Waals surface area contributed by atoms with Gasteiger partial charge in [-0.3, -0.25) is 57.7 Å². The molecule has 20 N–H and O–H groups in total. The van der Waals surface area contributed by atoms with Gasteiger partial charge in [0.15, 0.2) is 5.96 Å². The van der Waals surface area contributed by atoms with Gasteiger partial charge in [0.2, 0.25) is 65.0 Å². The van der Waals surface area contributed by atoms with Crippen molar-refractivity contribution < 1.29 is 57.8 Å². The van der Waals surface area contributed by atoms with Crippen molar-refractivity contribution in [3.05, 3.63) is 10.4 Å². The number of nitrogens with zero attached hydrogens (tertiary/aromatic N) is 4. The standard InChI is InChI=1S/C47H82N18O12/c1-7-14-30(41(72)62-34(23-26(3)4)44(75)59-29(39(50)70)17-13-21-54-47(51)52)60-43(74)33(18-19-36(49)68)61-46(77)38(27(5)8-2)64-45(76)35(25-66)63-42(73)32(16-10-12-22-56-65-53)58-37(69)24-55-40(71)31(57-28(6)67)15-9-11-20-48/h1,26-27,29-35,38,66H,8-25,48H2,2-6H3,(H2,49,68)(H2,50,70)(H,55,71)(H,57,67)(H,58,69)(H,59,75)(H,60,74)(H,61,77)(H,62,72)(H,63,73)(H,64,76)(H4,51,52,54)/t27-,29-,30-,31-,32-,33-,34-,35-,38-/m0/s1. The molecule has 0 aromatic rings. The third-order valence-corrected chi connectivity index (χ3v) is 11.6. The average molecular weight is 1090 g/mol. The summed E-state index contributed by atoms with van der Waals surface area (Å²) in [7, 11) is 0. The average Bonchev–Trinajstić information content (AvgIpc) is 3.36. The molecular formula is C47H82N18O12. The first-order chi connectivity index (χ1) is 36.3. The van der Waals surface area contributed by atoms with Gasteiger partial charge in [0, 0.05) is 37.8 Å². The van der Waals surface area contributed by atoms with Crippen LogP contribution in [0.5, 0.6) is 0 Å². The normalized spacial score (nSPS) is 14.2. The highest BCUT2D eigenvalue weighted by molar-refractivity contribution is 5.98. The van der Waals surface area contributed by atoms with E-state index in [4.69, 9.17) is 40.6 Å². The van der Waals surface area contributed by atoms with Gasteiger partial charge in [-0.05, 0) is 81.7 Å². The zero-order chi connectivity index (χ0) is 58.6. The van der Waals surface area contributed by atoms with E-state index in [2.05, 4.69) is 68.8 Å². The van der Waals surface area contributed by atoms with Crippen LogP contribution in [0.1, 0.15) is 118 Å².